The highest BCUT2D eigenvalue weighted by Crippen LogP contribution is 2.15. The minimum atomic E-state index is -0.0599. The second-order valence-corrected chi connectivity index (χ2v) is 3.87. The van der Waals surface area contributed by atoms with E-state index in [1.165, 1.54) is 17.3 Å². The van der Waals surface area contributed by atoms with Gasteiger partial charge in [0.05, 0.1) is 5.69 Å². The van der Waals surface area contributed by atoms with Crippen LogP contribution in [0.4, 0.5) is 5.69 Å². The summed E-state index contributed by atoms with van der Waals surface area (Å²) in [7, 11) is 0. The van der Waals surface area contributed by atoms with Gasteiger partial charge in [0.15, 0.2) is 5.82 Å². The van der Waals surface area contributed by atoms with E-state index in [0.29, 0.717) is 24.5 Å². The molecule has 0 bridgehead atoms. The number of carbonyl (C=O) groups is 1. The summed E-state index contributed by atoms with van der Waals surface area (Å²) >= 11 is 0. The maximum atomic E-state index is 11.8. The van der Waals surface area contributed by atoms with Crippen molar-refractivity contribution in [2.75, 3.05) is 18.4 Å². The monoisotopic (exact) mass is 260 g/mol. The largest absolute Gasteiger partial charge is 0.323 e. The number of aromatic nitrogens is 4. The van der Waals surface area contributed by atoms with E-state index in [9.17, 15) is 4.79 Å². The third-order valence-corrected chi connectivity index (χ3v) is 2.48. The van der Waals surface area contributed by atoms with Gasteiger partial charge in [-0.05, 0) is 18.7 Å². The molecule has 19 heavy (non-hydrogen) atoms. The molecule has 2 N–H and O–H groups in total. The van der Waals surface area contributed by atoms with Gasteiger partial charge in [-0.15, -0.1) is 0 Å². The van der Waals surface area contributed by atoms with Crippen LogP contribution in [0.1, 0.15) is 13.3 Å². The normalized spacial score (nSPS) is 10.4. The first-order valence-electron chi connectivity index (χ1n) is 6.12. The Morgan fingerprint density at radius 3 is 3.11 bits per heavy atom. The van der Waals surface area contributed by atoms with Gasteiger partial charge in [-0.3, -0.25) is 4.79 Å². The Morgan fingerprint density at radius 2 is 2.37 bits per heavy atom. The molecule has 0 atom stereocenters. The molecule has 2 aromatic rings. The van der Waals surface area contributed by atoms with Crippen molar-refractivity contribution < 1.29 is 4.79 Å². The lowest BCUT2D eigenvalue weighted by molar-refractivity contribution is -0.116. The first-order chi connectivity index (χ1) is 9.31. The summed E-state index contributed by atoms with van der Waals surface area (Å²) in [6, 6.07) is 3.55. The van der Waals surface area contributed by atoms with Crippen molar-refractivity contribution in [3.63, 3.8) is 0 Å². The molecule has 2 heterocycles. The number of amides is 1. The van der Waals surface area contributed by atoms with Gasteiger partial charge in [-0.2, -0.15) is 5.10 Å². The van der Waals surface area contributed by atoms with E-state index in [0.717, 1.165) is 6.54 Å². The molecule has 7 nitrogen and oxygen atoms in total. The fraction of sp³-hybridized carbons (Fsp3) is 0.333. The number of carbonyl (C=O) groups excluding carboxylic acids is 1. The predicted octanol–water partition coefficient (Wildman–Crippen LogP) is 0.600. The fourth-order valence-corrected chi connectivity index (χ4v) is 1.59. The SMILES string of the molecule is CCNCCC(=O)Nc1cccnc1-n1cncn1. The summed E-state index contributed by atoms with van der Waals surface area (Å²) in [4.78, 5) is 19.9. The molecule has 0 aliphatic heterocycles. The van der Waals surface area contributed by atoms with Gasteiger partial charge in [-0.25, -0.2) is 14.6 Å². The molecule has 0 spiro atoms. The van der Waals surface area contributed by atoms with Crippen LogP contribution in [0, 0.1) is 0 Å². The van der Waals surface area contributed by atoms with Crippen LogP contribution in [-0.2, 0) is 4.79 Å². The minimum absolute atomic E-state index is 0.0599. The zero-order valence-electron chi connectivity index (χ0n) is 10.7. The average molecular weight is 260 g/mol. The number of nitrogens with zero attached hydrogens (tertiary/aromatic N) is 4. The Morgan fingerprint density at radius 1 is 1.47 bits per heavy atom. The van der Waals surface area contributed by atoms with E-state index in [1.807, 2.05) is 6.92 Å². The van der Waals surface area contributed by atoms with Crippen molar-refractivity contribution in [2.24, 2.45) is 0 Å². The van der Waals surface area contributed by atoms with Crippen molar-refractivity contribution in [3.8, 4) is 5.82 Å². The molecule has 0 aliphatic rings. The first kappa shape index (κ1) is 13.2. The molecular weight excluding hydrogens is 244 g/mol. The zero-order chi connectivity index (χ0) is 13.5. The minimum Gasteiger partial charge on any atom is -0.323 e. The number of rotatable bonds is 6. The highest BCUT2D eigenvalue weighted by molar-refractivity contribution is 5.92. The van der Waals surface area contributed by atoms with Gasteiger partial charge in [0.1, 0.15) is 12.7 Å². The van der Waals surface area contributed by atoms with Crippen molar-refractivity contribution in [2.45, 2.75) is 13.3 Å². The third-order valence-electron chi connectivity index (χ3n) is 2.48. The van der Waals surface area contributed by atoms with E-state index in [2.05, 4.69) is 25.7 Å². The van der Waals surface area contributed by atoms with E-state index in [-0.39, 0.29) is 5.91 Å². The van der Waals surface area contributed by atoms with Crippen molar-refractivity contribution in [3.05, 3.63) is 31.0 Å². The molecule has 0 fully saturated rings. The quantitative estimate of drug-likeness (QED) is 0.743. The number of hydrogen-bond acceptors (Lipinski definition) is 5. The lowest BCUT2D eigenvalue weighted by Gasteiger charge is -2.09. The lowest BCUT2D eigenvalue weighted by atomic mass is 10.3. The summed E-state index contributed by atoms with van der Waals surface area (Å²) in [5.41, 5.74) is 0.620. The molecule has 1 amide bonds. The lowest BCUT2D eigenvalue weighted by Crippen LogP contribution is -2.22. The summed E-state index contributed by atoms with van der Waals surface area (Å²) in [6.45, 7) is 3.51. The van der Waals surface area contributed by atoms with Crippen LogP contribution >= 0.6 is 0 Å². The third kappa shape index (κ3) is 3.59. The van der Waals surface area contributed by atoms with Crippen LogP contribution in [0.25, 0.3) is 5.82 Å². The van der Waals surface area contributed by atoms with Crippen LogP contribution in [-0.4, -0.2) is 38.7 Å². The smallest absolute Gasteiger partial charge is 0.225 e. The van der Waals surface area contributed by atoms with E-state index < -0.39 is 0 Å². The number of anilines is 1. The van der Waals surface area contributed by atoms with Crippen LogP contribution in [0.3, 0.4) is 0 Å². The van der Waals surface area contributed by atoms with E-state index in [1.54, 1.807) is 18.3 Å². The topological polar surface area (TPSA) is 84.7 Å². The number of hydrogen-bond donors (Lipinski definition) is 2. The summed E-state index contributed by atoms with van der Waals surface area (Å²) < 4.78 is 1.51. The fourth-order valence-electron chi connectivity index (χ4n) is 1.59. The molecule has 7 heteroatoms. The van der Waals surface area contributed by atoms with E-state index in [4.69, 9.17) is 0 Å². The van der Waals surface area contributed by atoms with Crippen molar-refractivity contribution >= 4 is 11.6 Å². The molecular formula is C12H16N6O. The number of nitrogens with one attached hydrogen (secondary N) is 2. The van der Waals surface area contributed by atoms with Crippen molar-refractivity contribution in [1.29, 1.82) is 0 Å². The molecule has 0 saturated heterocycles. The van der Waals surface area contributed by atoms with Gasteiger partial charge in [0.2, 0.25) is 5.91 Å². The highest BCUT2D eigenvalue weighted by atomic mass is 16.1. The van der Waals surface area contributed by atoms with Gasteiger partial charge < -0.3 is 10.6 Å². The molecule has 2 aromatic heterocycles. The van der Waals surface area contributed by atoms with E-state index >= 15 is 0 Å². The molecule has 0 aliphatic carbocycles. The maximum absolute atomic E-state index is 11.8. The maximum Gasteiger partial charge on any atom is 0.225 e. The van der Waals surface area contributed by atoms with Crippen LogP contribution in [0.5, 0.6) is 0 Å². The van der Waals surface area contributed by atoms with Crippen LogP contribution in [0.15, 0.2) is 31.0 Å². The van der Waals surface area contributed by atoms with Crippen molar-refractivity contribution in [1.82, 2.24) is 25.1 Å². The van der Waals surface area contributed by atoms with Crippen LogP contribution in [0.2, 0.25) is 0 Å². The molecule has 0 unspecified atom stereocenters. The molecule has 0 aromatic carbocycles. The molecule has 0 saturated carbocycles. The standard InChI is InChI=1S/C12H16N6O/c1-2-13-7-5-11(19)17-10-4-3-6-15-12(10)18-9-14-8-16-18/h3-4,6,8-9,13H,2,5,7H2,1H3,(H,17,19). The predicted molar refractivity (Wildman–Crippen MR) is 70.9 cm³/mol. The Balaban J connectivity index is 2.06. The van der Waals surface area contributed by atoms with Gasteiger partial charge >= 0.3 is 0 Å². The average Bonchev–Trinajstić information content (AvgIpc) is 2.93. The molecule has 2 rings (SSSR count). The number of pyridine rings is 1. The zero-order valence-corrected chi connectivity index (χ0v) is 10.7. The second kappa shape index (κ2) is 6.60. The Labute approximate surface area is 111 Å². The summed E-state index contributed by atoms with van der Waals surface area (Å²) in [5.74, 6) is 0.493. The molecule has 100 valence electrons. The van der Waals surface area contributed by atoms with Gasteiger partial charge in [0, 0.05) is 19.2 Å². The Bertz CT molecular complexity index is 525. The van der Waals surface area contributed by atoms with Crippen LogP contribution < -0.4 is 10.6 Å². The summed E-state index contributed by atoms with van der Waals surface area (Å²) in [5, 5.41) is 9.94. The van der Waals surface area contributed by atoms with Gasteiger partial charge in [0.25, 0.3) is 0 Å². The van der Waals surface area contributed by atoms with Gasteiger partial charge in [-0.1, -0.05) is 6.92 Å². The molecule has 0 radical (unpaired) electrons. The Kier molecular flexibility index (Phi) is 4.57. The summed E-state index contributed by atoms with van der Waals surface area (Å²) in [6.07, 6.45) is 5.02. The second-order valence-electron chi connectivity index (χ2n) is 3.87. The highest BCUT2D eigenvalue weighted by Gasteiger charge is 2.09. The first-order valence-corrected chi connectivity index (χ1v) is 6.12. The Hall–Kier alpha value is -2.28.